The third-order valence-electron chi connectivity index (χ3n) is 6.53. The van der Waals surface area contributed by atoms with Gasteiger partial charge in [0.15, 0.2) is 0 Å². The van der Waals surface area contributed by atoms with E-state index in [1.54, 1.807) is 36.4 Å². The highest BCUT2D eigenvalue weighted by Crippen LogP contribution is 2.46. The van der Waals surface area contributed by atoms with Crippen LogP contribution in [0.3, 0.4) is 0 Å². The molecule has 1 saturated heterocycles. The zero-order valence-corrected chi connectivity index (χ0v) is 27.1. The summed E-state index contributed by atoms with van der Waals surface area (Å²) in [6.07, 6.45) is 1.87. The first kappa shape index (κ1) is 32.6. The van der Waals surface area contributed by atoms with Crippen molar-refractivity contribution in [2.45, 2.75) is 17.9 Å². The molecule has 45 heavy (non-hydrogen) atoms. The largest absolute Gasteiger partial charge is 0.480 e. The molecule has 3 aromatic rings. The van der Waals surface area contributed by atoms with Gasteiger partial charge in [-0.15, -0.1) is 11.3 Å². The minimum Gasteiger partial charge on any atom is -0.480 e. The van der Waals surface area contributed by atoms with Crippen LogP contribution in [0.25, 0.3) is 10.5 Å². The molecule has 17 heteroatoms. The molecule has 0 atom stereocenters. The van der Waals surface area contributed by atoms with Crippen molar-refractivity contribution in [2.75, 3.05) is 23.7 Å². The number of benzene rings is 2. The van der Waals surface area contributed by atoms with Crippen LogP contribution < -0.4 is 19.7 Å². The minimum atomic E-state index is -4.19. The second kappa shape index (κ2) is 13.3. The molecule has 0 unspecified atom stereocenters. The smallest absolute Gasteiger partial charge is 0.323 e. The van der Waals surface area contributed by atoms with Crippen molar-refractivity contribution in [1.29, 1.82) is 0 Å². The summed E-state index contributed by atoms with van der Waals surface area (Å²) in [5.41, 5.74) is 1.18. The van der Waals surface area contributed by atoms with Crippen LogP contribution in [0.15, 0.2) is 75.4 Å². The summed E-state index contributed by atoms with van der Waals surface area (Å²) in [6.45, 7) is -1.21. The Balaban J connectivity index is 1.76. The van der Waals surface area contributed by atoms with Gasteiger partial charge in [0.05, 0.1) is 16.5 Å². The van der Waals surface area contributed by atoms with Crippen molar-refractivity contribution in [2.24, 2.45) is 0 Å². The Morgan fingerprint density at radius 3 is 2.24 bits per heavy atom. The molecule has 1 aromatic heterocycles. The van der Waals surface area contributed by atoms with Gasteiger partial charge in [-0.2, -0.15) is 8.42 Å². The van der Waals surface area contributed by atoms with Crippen LogP contribution in [0, 0.1) is 0 Å². The van der Waals surface area contributed by atoms with Crippen molar-refractivity contribution >= 4 is 95.5 Å². The third kappa shape index (κ3) is 7.23. The lowest BCUT2D eigenvalue weighted by atomic mass is 10.1. The Morgan fingerprint density at radius 2 is 1.58 bits per heavy atom. The zero-order valence-electron chi connectivity index (χ0n) is 23.0. The van der Waals surface area contributed by atoms with Crippen molar-refractivity contribution in [3.05, 3.63) is 90.8 Å². The first-order valence-electron chi connectivity index (χ1n) is 13.1. The number of thioether (sulfide) groups is 2. The van der Waals surface area contributed by atoms with E-state index in [1.165, 1.54) is 11.8 Å². The number of nitrogens with zero attached hydrogens (tertiary/aromatic N) is 3. The summed E-state index contributed by atoms with van der Waals surface area (Å²) in [5.74, 6) is -3.80. The number of allylic oxidation sites excluding steroid dienone is 1. The maximum Gasteiger partial charge on any atom is 0.323 e. The number of carbonyl (C=O) groups is 3. The first-order chi connectivity index (χ1) is 21.3. The topological polar surface area (TPSA) is 175 Å². The quantitative estimate of drug-likeness (QED) is 0.207. The molecule has 3 N–H and O–H groups in total. The van der Waals surface area contributed by atoms with E-state index in [1.807, 2.05) is 29.2 Å². The van der Waals surface area contributed by atoms with Crippen LogP contribution in [-0.2, 0) is 31.0 Å². The van der Waals surface area contributed by atoms with Crippen molar-refractivity contribution in [3.63, 3.8) is 0 Å². The van der Waals surface area contributed by atoms with Crippen LogP contribution in [0.2, 0.25) is 0 Å². The van der Waals surface area contributed by atoms with Gasteiger partial charge in [0, 0.05) is 17.0 Å². The zero-order chi connectivity index (χ0) is 32.5. The van der Waals surface area contributed by atoms with Gasteiger partial charge in [-0.05, 0) is 30.2 Å². The van der Waals surface area contributed by atoms with Gasteiger partial charge in [0.2, 0.25) is 0 Å². The maximum atomic E-state index is 14.0. The van der Waals surface area contributed by atoms with Crippen molar-refractivity contribution < 1.29 is 37.6 Å². The number of fused-ring (bicyclic) bond motifs is 1. The highest BCUT2D eigenvalue weighted by atomic mass is 32.2. The standard InChI is InChI=1S/C28H23N3O9S5/c32-21(33)14-30-25(36)23(43-27(30)24-26(37)31(15-22(34)35)28(41)44-24)17(16-7-2-1-3-8-16)13-20-29(11-6-12-45(38,39)40)18-9-4-5-10-19(18)42-20/h1-5,7-10,13H,6,11-12,14-15H2,(H,32,33)(H,34,35)(H,38,39,40)/b20-13?,23-17-,27-24-. The van der Waals surface area contributed by atoms with Gasteiger partial charge in [-0.1, -0.05) is 78.2 Å². The summed E-state index contributed by atoms with van der Waals surface area (Å²) >= 11 is 8.31. The van der Waals surface area contributed by atoms with Crippen LogP contribution in [0.5, 0.6) is 0 Å². The molecule has 1 fully saturated rings. The molecule has 3 heterocycles. The first-order valence-corrected chi connectivity index (χ1v) is 17.5. The number of hydrogen-bond donors (Lipinski definition) is 3. The second-order valence-electron chi connectivity index (χ2n) is 9.63. The van der Waals surface area contributed by atoms with Crippen LogP contribution in [0.1, 0.15) is 12.0 Å². The summed E-state index contributed by atoms with van der Waals surface area (Å²) < 4.78 is 33.2. The number of rotatable bonds is 10. The Bertz CT molecular complexity index is 2050. The van der Waals surface area contributed by atoms with Crippen molar-refractivity contribution in [1.82, 2.24) is 9.47 Å². The molecular formula is C28H23N3O9S5. The summed E-state index contributed by atoms with van der Waals surface area (Å²) in [7, 11) is -4.19. The van der Waals surface area contributed by atoms with E-state index in [2.05, 4.69) is 0 Å². The normalized spacial score (nSPS) is 17.7. The number of hydrogen-bond acceptors (Lipinski definition) is 11. The maximum absolute atomic E-state index is 14.0. The van der Waals surface area contributed by atoms with E-state index in [4.69, 9.17) is 12.2 Å². The number of para-hydroxylation sites is 1. The van der Waals surface area contributed by atoms with Crippen LogP contribution in [-0.4, -0.2) is 73.7 Å². The molecule has 0 spiro atoms. The molecular weight excluding hydrogens is 683 g/mol. The fourth-order valence-corrected chi connectivity index (χ4v) is 8.86. The number of aliphatic carboxylic acids is 2. The lowest BCUT2D eigenvalue weighted by Gasteiger charge is -2.20. The summed E-state index contributed by atoms with van der Waals surface area (Å²) in [5, 5.41) is 19.6. The highest BCUT2D eigenvalue weighted by Gasteiger charge is 2.35. The van der Waals surface area contributed by atoms with Gasteiger partial charge < -0.3 is 15.1 Å². The second-order valence-corrected chi connectivity index (χ2v) is 14.9. The monoisotopic (exact) mass is 705 g/mol. The Hall–Kier alpha value is -3.74. The number of carboxylic acid groups (broad SMARTS) is 2. The van der Waals surface area contributed by atoms with Gasteiger partial charge in [0.25, 0.3) is 21.6 Å². The molecule has 2 aliphatic rings. The van der Waals surface area contributed by atoms with E-state index in [0.717, 1.165) is 43.1 Å². The average molecular weight is 706 g/mol. The van der Waals surface area contributed by atoms with Crippen LogP contribution >= 0.6 is 47.1 Å². The molecule has 0 aliphatic carbocycles. The van der Waals surface area contributed by atoms with E-state index in [9.17, 15) is 42.4 Å². The van der Waals surface area contributed by atoms with Crippen LogP contribution in [0.4, 0.5) is 5.69 Å². The van der Waals surface area contributed by atoms with E-state index < -0.39 is 52.4 Å². The fraction of sp³-hybridized carbons (Fsp3) is 0.179. The Labute approximate surface area is 273 Å². The number of thiazole rings is 1. The number of carboxylic acids is 2. The molecule has 12 nitrogen and oxygen atoms in total. The predicted molar refractivity (Wildman–Crippen MR) is 176 cm³/mol. The molecule has 2 aliphatic heterocycles. The molecule has 0 radical (unpaired) electrons. The number of thiocarbonyl (C=S) groups is 1. The minimum absolute atomic E-state index is 0.0295. The van der Waals surface area contributed by atoms with Crippen molar-refractivity contribution in [3.8, 4) is 0 Å². The molecule has 2 aromatic carbocycles. The lowest BCUT2D eigenvalue weighted by Crippen LogP contribution is -2.37. The van der Waals surface area contributed by atoms with Gasteiger partial charge in [-0.25, -0.2) is 0 Å². The molecule has 234 valence electrons. The molecule has 5 rings (SSSR count). The average Bonchev–Trinajstić information content (AvgIpc) is 3.58. The molecule has 1 amide bonds. The van der Waals surface area contributed by atoms with Gasteiger partial charge in [0.1, 0.15) is 31.5 Å². The predicted octanol–water partition coefficient (Wildman–Crippen LogP) is 1.98. The van der Waals surface area contributed by atoms with Gasteiger partial charge >= 0.3 is 11.9 Å². The Morgan fingerprint density at radius 1 is 0.911 bits per heavy atom. The SMILES string of the molecule is O=C(O)CN1C(=O)/C(=c2/s/c(=C(/C=C3Sc4ccccc4N3CCCS(=O)(=O)O)c3ccccc3)c(=O)n2CC(=O)O)SC1=S. The number of anilines is 1. The summed E-state index contributed by atoms with van der Waals surface area (Å²) in [6, 6.07) is 16.3. The Kier molecular flexibility index (Phi) is 9.66. The molecule has 0 bridgehead atoms. The molecule has 0 saturated carbocycles. The van der Waals surface area contributed by atoms with Gasteiger partial charge in [-0.3, -0.25) is 33.2 Å². The van der Waals surface area contributed by atoms with E-state index >= 15 is 0 Å². The fourth-order valence-electron chi connectivity index (χ4n) is 4.64. The number of carbonyl (C=O) groups excluding carboxylic acids is 1. The number of amides is 1. The lowest BCUT2D eigenvalue weighted by molar-refractivity contribution is -0.140. The van der Waals surface area contributed by atoms with E-state index in [-0.39, 0.29) is 31.4 Å². The highest BCUT2D eigenvalue weighted by molar-refractivity contribution is 8.30. The number of aromatic nitrogens is 1. The van der Waals surface area contributed by atoms with E-state index in [0.29, 0.717) is 16.2 Å². The summed E-state index contributed by atoms with van der Waals surface area (Å²) in [4.78, 5) is 54.0. The third-order valence-corrected chi connectivity index (χ3v) is 11.2.